The molecule has 0 bridgehead atoms. The monoisotopic (exact) mass is 455 g/mol. The van der Waals surface area contributed by atoms with Crippen LogP contribution in [0.4, 0.5) is 14.5 Å². The van der Waals surface area contributed by atoms with Gasteiger partial charge in [-0.25, -0.2) is 8.78 Å². The van der Waals surface area contributed by atoms with Crippen LogP contribution in [-0.2, 0) is 20.8 Å². The molecule has 2 aromatic carbocycles. The van der Waals surface area contributed by atoms with Gasteiger partial charge in [0, 0.05) is 51.6 Å². The molecule has 1 unspecified atom stereocenters. The van der Waals surface area contributed by atoms with Gasteiger partial charge in [0.25, 0.3) is 0 Å². The zero-order valence-corrected chi connectivity index (χ0v) is 18.4. The van der Waals surface area contributed by atoms with Crippen molar-refractivity contribution < 1.29 is 23.2 Å². The Bertz CT molecular complexity index is 1020. The zero-order valence-electron chi connectivity index (χ0n) is 18.4. The second-order valence-electron chi connectivity index (χ2n) is 8.55. The molecule has 2 aliphatic heterocycles. The lowest BCUT2D eigenvalue weighted by atomic mass is 10.1. The standard InChI is InChI=1S/C25H27F2N3O3/c26-20-9-10-22(21(27)16-20)30-17-19(15-24(30)32)25(33)29-13-11-28(12-14-29)23(31)8-4-7-18-5-2-1-3-6-18/h1-3,5-6,9-10,16,19H,4,7-8,11-15,17H2. The summed E-state index contributed by atoms with van der Waals surface area (Å²) >= 11 is 0. The molecule has 0 aliphatic carbocycles. The lowest BCUT2D eigenvalue weighted by Crippen LogP contribution is -2.52. The Morgan fingerprint density at radius 2 is 1.64 bits per heavy atom. The zero-order chi connectivity index (χ0) is 23.4. The summed E-state index contributed by atoms with van der Waals surface area (Å²) < 4.78 is 27.3. The van der Waals surface area contributed by atoms with Gasteiger partial charge in [-0.2, -0.15) is 0 Å². The summed E-state index contributed by atoms with van der Waals surface area (Å²) in [6, 6.07) is 13.1. The van der Waals surface area contributed by atoms with Gasteiger partial charge in [-0.3, -0.25) is 14.4 Å². The average Bonchev–Trinajstić information content (AvgIpc) is 3.20. The van der Waals surface area contributed by atoms with E-state index in [1.807, 2.05) is 30.3 Å². The molecule has 2 heterocycles. The number of carbonyl (C=O) groups is 3. The molecule has 2 aromatic rings. The number of piperazine rings is 1. The van der Waals surface area contributed by atoms with Crippen molar-refractivity contribution in [3.63, 3.8) is 0 Å². The summed E-state index contributed by atoms with van der Waals surface area (Å²) in [4.78, 5) is 42.6. The maximum Gasteiger partial charge on any atom is 0.228 e. The lowest BCUT2D eigenvalue weighted by Gasteiger charge is -2.36. The van der Waals surface area contributed by atoms with Gasteiger partial charge >= 0.3 is 0 Å². The Balaban J connectivity index is 1.25. The first kappa shape index (κ1) is 22.9. The third kappa shape index (κ3) is 5.38. The average molecular weight is 456 g/mol. The summed E-state index contributed by atoms with van der Waals surface area (Å²) in [6.07, 6.45) is 2.10. The van der Waals surface area contributed by atoms with E-state index >= 15 is 0 Å². The van der Waals surface area contributed by atoms with Gasteiger partial charge in [0.15, 0.2) is 0 Å². The molecule has 0 spiro atoms. The van der Waals surface area contributed by atoms with Gasteiger partial charge < -0.3 is 14.7 Å². The first-order valence-corrected chi connectivity index (χ1v) is 11.3. The van der Waals surface area contributed by atoms with E-state index in [1.54, 1.807) is 9.80 Å². The van der Waals surface area contributed by atoms with Crippen molar-refractivity contribution in [1.29, 1.82) is 0 Å². The minimum absolute atomic E-state index is 0.00567. The second kappa shape index (κ2) is 10.1. The first-order chi connectivity index (χ1) is 15.9. The quantitative estimate of drug-likeness (QED) is 0.673. The third-order valence-corrected chi connectivity index (χ3v) is 6.32. The fourth-order valence-corrected chi connectivity index (χ4v) is 4.49. The fraction of sp³-hybridized carbons (Fsp3) is 0.400. The largest absolute Gasteiger partial charge is 0.339 e. The van der Waals surface area contributed by atoms with E-state index in [4.69, 9.17) is 0 Å². The van der Waals surface area contributed by atoms with Gasteiger partial charge in [-0.15, -0.1) is 0 Å². The molecule has 3 amide bonds. The second-order valence-corrected chi connectivity index (χ2v) is 8.55. The summed E-state index contributed by atoms with van der Waals surface area (Å²) in [5.41, 5.74) is 1.20. The molecule has 2 aliphatic rings. The van der Waals surface area contributed by atoms with Gasteiger partial charge in [-0.1, -0.05) is 30.3 Å². The van der Waals surface area contributed by atoms with Crippen LogP contribution in [0.5, 0.6) is 0 Å². The summed E-state index contributed by atoms with van der Waals surface area (Å²) in [7, 11) is 0. The van der Waals surface area contributed by atoms with Crippen molar-refractivity contribution in [2.75, 3.05) is 37.6 Å². The number of aryl methyl sites for hydroxylation is 1. The highest BCUT2D eigenvalue weighted by molar-refractivity contribution is 6.00. The van der Waals surface area contributed by atoms with Gasteiger partial charge in [0.1, 0.15) is 11.6 Å². The van der Waals surface area contributed by atoms with Crippen molar-refractivity contribution in [1.82, 2.24) is 9.80 Å². The van der Waals surface area contributed by atoms with Crippen LogP contribution in [-0.4, -0.2) is 60.2 Å². The number of rotatable bonds is 6. The molecular formula is C25H27F2N3O3. The summed E-state index contributed by atoms with van der Waals surface area (Å²) in [5, 5.41) is 0. The molecule has 0 saturated carbocycles. The molecule has 4 rings (SSSR count). The van der Waals surface area contributed by atoms with E-state index in [1.165, 1.54) is 16.5 Å². The Labute approximate surface area is 191 Å². The van der Waals surface area contributed by atoms with Crippen LogP contribution in [0.15, 0.2) is 48.5 Å². The number of halogens is 2. The van der Waals surface area contributed by atoms with E-state index in [9.17, 15) is 23.2 Å². The van der Waals surface area contributed by atoms with E-state index in [0.29, 0.717) is 32.6 Å². The molecule has 2 saturated heterocycles. The highest BCUT2D eigenvalue weighted by Gasteiger charge is 2.39. The highest BCUT2D eigenvalue weighted by atomic mass is 19.1. The van der Waals surface area contributed by atoms with Crippen LogP contribution in [0, 0.1) is 17.6 Å². The Morgan fingerprint density at radius 1 is 0.939 bits per heavy atom. The van der Waals surface area contributed by atoms with Crippen molar-refractivity contribution in [3.8, 4) is 0 Å². The van der Waals surface area contributed by atoms with E-state index in [0.717, 1.165) is 25.0 Å². The van der Waals surface area contributed by atoms with Crippen molar-refractivity contribution in [2.45, 2.75) is 25.7 Å². The van der Waals surface area contributed by atoms with Crippen LogP contribution in [0.3, 0.4) is 0 Å². The number of carbonyl (C=O) groups excluding carboxylic acids is 3. The lowest BCUT2D eigenvalue weighted by molar-refractivity contribution is -0.142. The molecular weight excluding hydrogens is 428 g/mol. The number of hydrogen-bond acceptors (Lipinski definition) is 3. The summed E-state index contributed by atoms with van der Waals surface area (Å²) in [5.74, 6) is -2.54. The van der Waals surface area contributed by atoms with Crippen molar-refractivity contribution in [2.24, 2.45) is 5.92 Å². The number of anilines is 1. The van der Waals surface area contributed by atoms with Gasteiger partial charge in [-0.05, 0) is 30.5 Å². The number of hydrogen-bond donors (Lipinski definition) is 0. The molecule has 33 heavy (non-hydrogen) atoms. The molecule has 8 heteroatoms. The Morgan fingerprint density at radius 3 is 2.33 bits per heavy atom. The number of amides is 3. The molecule has 0 aromatic heterocycles. The highest BCUT2D eigenvalue weighted by Crippen LogP contribution is 2.29. The maximum atomic E-state index is 14.1. The molecule has 0 N–H and O–H groups in total. The smallest absolute Gasteiger partial charge is 0.228 e. The SMILES string of the molecule is O=C(CCCc1ccccc1)N1CCN(C(=O)C2CC(=O)N(c3ccc(F)cc3F)C2)CC1. The van der Waals surface area contributed by atoms with Crippen molar-refractivity contribution >= 4 is 23.4 Å². The van der Waals surface area contributed by atoms with E-state index < -0.39 is 17.6 Å². The van der Waals surface area contributed by atoms with Crippen LogP contribution < -0.4 is 4.90 Å². The Kier molecular flexibility index (Phi) is 7.01. The molecule has 1 atom stereocenters. The number of benzene rings is 2. The maximum absolute atomic E-state index is 14.1. The van der Waals surface area contributed by atoms with Crippen LogP contribution in [0.1, 0.15) is 24.8 Å². The van der Waals surface area contributed by atoms with Gasteiger partial charge in [0.05, 0.1) is 11.6 Å². The normalized spacial score (nSPS) is 18.7. The predicted octanol–water partition coefficient (Wildman–Crippen LogP) is 3.01. The summed E-state index contributed by atoms with van der Waals surface area (Å²) in [6.45, 7) is 1.83. The van der Waals surface area contributed by atoms with Crippen LogP contribution in [0.2, 0.25) is 0 Å². The van der Waals surface area contributed by atoms with Crippen molar-refractivity contribution in [3.05, 3.63) is 65.7 Å². The Hall–Kier alpha value is -3.29. The first-order valence-electron chi connectivity index (χ1n) is 11.3. The third-order valence-electron chi connectivity index (χ3n) is 6.32. The van der Waals surface area contributed by atoms with Gasteiger partial charge in [0.2, 0.25) is 17.7 Å². The molecule has 174 valence electrons. The van der Waals surface area contributed by atoms with Crippen LogP contribution >= 0.6 is 0 Å². The minimum Gasteiger partial charge on any atom is -0.339 e. The van der Waals surface area contributed by atoms with E-state index in [-0.39, 0.29) is 36.4 Å². The number of nitrogens with zero attached hydrogens (tertiary/aromatic N) is 3. The topological polar surface area (TPSA) is 60.9 Å². The predicted molar refractivity (Wildman–Crippen MR) is 119 cm³/mol. The molecule has 2 fully saturated rings. The van der Waals surface area contributed by atoms with E-state index in [2.05, 4.69) is 0 Å². The molecule has 0 radical (unpaired) electrons. The molecule has 6 nitrogen and oxygen atoms in total. The minimum atomic E-state index is -0.823. The van der Waals surface area contributed by atoms with Crippen LogP contribution in [0.25, 0.3) is 0 Å². The fourth-order valence-electron chi connectivity index (χ4n) is 4.49.